The second kappa shape index (κ2) is 7.07. The first-order chi connectivity index (χ1) is 14.6. The lowest BCUT2D eigenvalue weighted by molar-refractivity contribution is 0.521. The molecule has 8 nitrogen and oxygen atoms in total. The van der Waals surface area contributed by atoms with Crippen molar-refractivity contribution in [1.29, 1.82) is 0 Å². The van der Waals surface area contributed by atoms with Gasteiger partial charge in [-0.1, -0.05) is 18.7 Å². The summed E-state index contributed by atoms with van der Waals surface area (Å²) in [5.41, 5.74) is 12.6. The molecule has 0 aliphatic rings. The van der Waals surface area contributed by atoms with E-state index in [1.54, 1.807) is 12.5 Å². The van der Waals surface area contributed by atoms with Gasteiger partial charge in [0.15, 0.2) is 5.89 Å². The van der Waals surface area contributed by atoms with Crippen LogP contribution in [0.5, 0.6) is 0 Å². The number of H-pyrrole nitrogens is 2. The molecule has 0 aliphatic heterocycles. The number of fused-ring (bicyclic) bond motifs is 3. The fourth-order valence-corrected chi connectivity index (χ4v) is 3.61. The Kier molecular flexibility index (Phi) is 4.24. The smallest absolute Gasteiger partial charge is 0.191 e. The Labute approximate surface area is 172 Å². The first-order valence-corrected chi connectivity index (χ1v) is 9.64. The number of aromatic nitrogens is 5. The van der Waals surface area contributed by atoms with Crippen LogP contribution < -0.4 is 11.1 Å². The summed E-state index contributed by atoms with van der Waals surface area (Å²) in [7, 11) is 0. The second-order valence-corrected chi connectivity index (χ2v) is 7.19. The number of rotatable bonds is 6. The highest BCUT2D eigenvalue weighted by Crippen LogP contribution is 2.31. The first kappa shape index (κ1) is 18.0. The van der Waals surface area contributed by atoms with Crippen molar-refractivity contribution in [2.24, 2.45) is 0 Å². The standard InChI is InChI=1S/C22H21N7O/c1-12(20-11-30-13(2)26-20)24-7-5-15-10-17-21(27-15)16-4-3-14(18-6-8-25-29-18)9-19(16)28-22(17)23/h3-4,6,8-11,24,27H,1,5,7H2,2H3,(H2,23,28)(H,25,29). The van der Waals surface area contributed by atoms with Gasteiger partial charge in [0.1, 0.15) is 17.8 Å². The van der Waals surface area contributed by atoms with Crippen molar-refractivity contribution >= 4 is 33.3 Å². The van der Waals surface area contributed by atoms with Crippen molar-refractivity contribution in [3.05, 3.63) is 66.6 Å². The number of nitrogens with one attached hydrogen (secondary N) is 3. The summed E-state index contributed by atoms with van der Waals surface area (Å²) in [5, 5.41) is 12.2. The van der Waals surface area contributed by atoms with Gasteiger partial charge in [-0.2, -0.15) is 5.10 Å². The number of benzene rings is 1. The molecule has 5 aromatic rings. The maximum atomic E-state index is 6.26. The molecule has 30 heavy (non-hydrogen) atoms. The molecule has 4 heterocycles. The van der Waals surface area contributed by atoms with E-state index in [0.717, 1.165) is 56.6 Å². The Morgan fingerprint density at radius 2 is 2.10 bits per heavy atom. The number of anilines is 1. The van der Waals surface area contributed by atoms with Gasteiger partial charge in [-0.05, 0) is 18.2 Å². The van der Waals surface area contributed by atoms with Gasteiger partial charge in [-0.15, -0.1) is 0 Å². The molecule has 0 saturated carbocycles. The van der Waals surface area contributed by atoms with E-state index >= 15 is 0 Å². The van der Waals surface area contributed by atoms with E-state index in [9.17, 15) is 0 Å². The lowest BCUT2D eigenvalue weighted by Crippen LogP contribution is -2.15. The third-order valence-electron chi connectivity index (χ3n) is 5.13. The Hall–Kier alpha value is -4.07. The van der Waals surface area contributed by atoms with Gasteiger partial charge in [-0.25, -0.2) is 9.97 Å². The molecule has 150 valence electrons. The average Bonchev–Trinajstić information content (AvgIpc) is 3.48. The summed E-state index contributed by atoms with van der Waals surface area (Å²) in [6, 6.07) is 10.1. The Bertz CT molecular complexity index is 1360. The monoisotopic (exact) mass is 399 g/mol. The molecule has 0 unspecified atom stereocenters. The van der Waals surface area contributed by atoms with Crippen LogP contribution in [0.25, 0.3) is 38.8 Å². The van der Waals surface area contributed by atoms with Crippen LogP contribution in [0.1, 0.15) is 17.3 Å². The summed E-state index contributed by atoms with van der Waals surface area (Å²) < 4.78 is 5.23. The number of oxazole rings is 1. The molecule has 0 spiro atoms. The van der Waals surface area contributed by atoms with Crippen molar-refractivity contribution < 1.29 is 4.42 Å². The molecule has 0 saturated heterocycles. The molecule has 4 aromatic heterocycles. The molecule has 5 rings (SSSR count). The summed E-state index contributed by atoms with van der Waals surface area (Å²) in [6.07, 6.45) is 4.11. The predicted octanol–water partition coefficient (Wildman–Crippen LogP) is 3.79. The maximum absolute atomic E-state index is 6.26. The summed E-state index contributed by atoms with van der Waals surface area (Å²) in [5.74, 6) is 1.13. The topological polar surface area (TPSA) is 121 Å². The molecule has 0 bridgehead atoms. The van der Waals surface area contributed by atoms with Crippen LogP contribution in [0.3, 0.4) is 0 Å². The quantitative estimate of drug-likeness (QED) is 0.345. The van der Waals surface area contributed by atoms with Crippen molar-refractivity contribution in [2.45, 2.75) is 13.3 Å². The van der Waals surface area contributed by atoms with Crippen molar-refractivity contribution in [3.8, 4) is 11.3 Å². The highest BCUT2D eigenvalue weighted by molar-refractivity contribution is 6.08. The van der Waals surface area contributed by atoms with Crippen molar-refractivity contribution in [2.75, 3.05) is 12.3 Å². The van der Waals surface area contributed by atoms with Crippen LogP contribution in [0.4, 0.5) is 5.82 Å². The predicted molar refractivity (Wildman–Crippen MR) is 118 cm³/mol. The van der Waals surface area contributed by atoms with E-state index in [1.807, 2.05) is 19.1 Å². The second-order valence-electron chi connectivity index (χ2n) is 7.19. The number of aromatic amines is 2. The fourth-order valence-electron chi connectivity index (χ4n) is 3.61. The minimum Gasteiger partial charge on any atom is -0.449 e. The maximum Gasteiger partial charge on any atom is 0.191 e. The molecule has 0 amide bonds. The van der Waals surface area contributed by atoms with Gasteiger partial charge in [0, 0.05) is 48.1 Å². The lowest BCUT2D eigenvalue weighted by Gasteiger charge is -2.05. The average molecular weight is 399 g/mol. The number of nitrogens with two attached hydrogens (primary N) is 1. The number of pyridine rings is 1. The summed E-state index contributed by atoms with van der Waals surface area (Å²) in [4.78, 5) is 12.4. The van der Waals surface area contributed by atoms with Crippen LogP contribution in [-0.2, 0) is 6.42 Å². The zero-order chi connectivity index (χ0) is 20.7. The normalized spacial score (nSPS) is 11.4. The molecule has 8 heteroatoms. The first-order valence-electron chi connectivity index (χ1n) is 9.64. The zero-order valence-electron chi connectivity index (χ0n) is 16.5. The number of nitrogen functional groups attached to an aromatic ring is 1. The van der Waals surface area contributed by atoms with Crippen LogP contribution in [0, 0.1) is 6.92 Å². The summed E-state index contributed by atoms with van der Waals surface area (Å²) in [6.45, 7) is 6.52. The molecule has 5 N–H and O–H groups in total. The summed E-state index contributed by atoms with van der Waals surface area (Å²) >= 11 is 0. The third kappa shape index (κ3) is 3.18. The molecule has 0 fully saturated rings. The van der Waals surface area contributed by atoms with Crippen LogP contribution in [-0.4, -0.2) is 31.7 Å². The molecule has 0 radical (unpaired) electrons. The molecule has 0 aliphatic carbocycles. The van der Waals surface area contributed by atoms with Crippen LogP contribution in [0.2, 0.25) is 0 Å². The Morgan fingerprint density at radius 3 is 2.87 bits per heavy atom. The Morgan fingerprint density at radius 1 is 1.20 bits per heavy atom. The van der Waals surface area contributed by atoms with E-state index in [4.69, 9.17) is 10.2 Å². The van der Waals surface area contributed by atoms with Gasteiger partial charge in [0.2, 0.25) is 0 Å². The van der Waals surface area contributed by atoms with Gasteiger partial charge < -0.3 is 20.5 Å². The van der Waals surface area contributed by atoms with Gasteiger partial charge in [0.25, 0.3) is 0 Å². The van der Waals surface area contributed by atoms with E-state index in [2.05, 4.69) is 55.2 Å². The number of nitrogens with zero attached hydrogens (tertiary/aromatic N) is 3. The van der Waals surface area contributed by atoms with E-state index < -0.39 is 0 Å². The largest absolute Gasteiger partial charge is 0.449 e. The number of hydrogen-bond donors (Lipinski definition) is 4. The third-order valence-corrected chi connectivity index (χ3v) is 5.13. The highest BCUT2D eigenvalue weighted by Gasteiger charge is 2.12. The highest BCUT2D eigenvalue weighted by atomic mass is 16.3. The van der Waals surface area contributed by atoms with E-state index in [1.165, 1.54) is 0 Å². The Balaban J connectivity index is 1.40. The minimum absolute atomic E-state index is 0.511. The zero-order valence-corrected chi connectivity index (χ0v) is 16.5. The van der Waals surface area contributed by atoms with Gasteiger partial charge >= 0.3 is 0 Å². The van der Waals surface area contributed by atoms with Crippen molar-refractivity contribution in [1.82, 2.24) is 30.5 Å². The van der Waals surface area contributed by atoms with Crippen molar-refractivity contribution in [3.63, 3.8) is 0 Å². The molecular weight excluding hydrogens is 378 g/mol. The number of aryl methyl sites for hydroxylation is 1. The van der Waals surface area contributed by atoms with Gasteiger partial charge in [0.05, 0.1) is 22.4 Å². The number of hydrogen-bond acceptors (Lipinski definition) is 6. The van der Waals surface area contributed by atoms with Crippen LogP contribution >= 0.6 is 0 Å². The van der Waals surface area contributed by atoms with E-state index in [0.29, 0.717) is 18.3 Å². The molecule has 0 atom stereocenters. The van der Waals surface area contributed by atoms with Gasteiger partial charge in [-0.3, -0.25) is 5.10 Å². The minimum atomic E-state index is 0.511. The van der Waals surface area contributed by atoms with E-state index in [-0.39, 0.29) is 0 Å². The fraction of sp³-hybridized carbons (Fsp3) is 0.136. The lowest BCUT2D eigenvalue weighted by atomic mass is 10.1. The SMILES string of the molecule is C=C(NCCc1cc2c(N)nc3cc(-c4ccn[nH]4)ccc3c2[nH]1)c1coc(C)n1. The van der Waals surface area contributed by atoms with Crippen LogP contribution in [0.15, 0.2) is 53.8 Å². The molecular formula is C22H21N7O. The molecule has 1 aromatic carbocycles.